The van der Waals surface area contributed by atoms with Crippen molar-refractivity contribution in [2.45, 2.75) is 12.5 Å². The summed E-state index contributed by atoms with van der Waals surface area (Å²) >= 11 is 0. The molecule has 1 atom stereocenters. The number of methoxy groups -OCH3 is 2. The van der Waals surface area contributed by atoms with Gasteiger partial charge in [0.1, 0.15) is 11.5 Å². The molecule has 1 unspecified atom stereocenters. The van der Waals surface area contributed by atoms with E-state index < -0.39 is 0 Å². The highest BCUT2D eigenvalue weighted by Crippen LogP contribution is 2.27. The summed E-state index contributed by atoms with van der Waals surface area (Å²) in [6.45, 7) is 0. The molecule has 0 aromatic heterocycles. The van der Waals surface area contributed by atoms with E-state index in [1.165, 1.54) is 0 Å². The van der Waals surface area contributed by atoms with Crippen molar-refractivity contribution in [3.05, 3.63) is 23.8 Å². The van der Waals surface area contributed by atoms with Crippen molar-refractivity contribution in [1.82, 2.24) is 5.43 Å². The van der Waals surface area contributed by atoms with Gasteiger partial charge in [-0.3, -0.25) is 11.3 Å². The largest absolute Gasteiger partial charge is 0.497 e. The number of rotatable bonds is 5. The quantitative estimate of drug-likeness (QED) is 0.445. The standard InChI is InChI=1S/C12H16N2O2/c1-4-5-12(14-13)9-6-10(15-2)8-11(7-9)16-3/h1,6-8,12,14H,5,13H2,2-3H3. The summed E-state index contributed by atoms with van der Waals surface area (Å²) in [5.74, 6) is 9.44. The molecule has 0 radical (unpaired) electrons. The third kappa shape index (κ3) is 2.89. The van der Waals surface area contributed by atoms with E-state index in [1.807, 2.05) is 12.1 Å². The highest BCUT2D eigenvalue weighted by Gasteiger charge is 2.11. The van der Waals surface area contributed by atoms with Crippen molar-refractivity contribution < 1.29 is 9.47 Å². The third-order valence-electron chi connectivity index (χ3n) is 2.30. The van der Waals surface area contributed by atoms with Gasteiger partial charge in [0.25, 0.3) is 0 Å². The van der Waals surface area contributed by atoms with E-state index in [0.29, 0.717) is 17.9 Å². The minimum absolute atomic E-state index is 0.103. The number of terminal acetylenes is 1. The van der Waals surface area contributed by atoms with Crippen LogP contribution in [0.25, 0.3) is 0 Å². The molecule has 0 saturated carbocycles. The molecule has 3 N–H and O–H groups in total. The Balaban J connectivity index is 3.06. The van der Waals surface area contributed by atoms with E-state index in [1.54, 1.807) is 20.3 Å². The van der Waals surface area contributed by atoms with E-state index in [4.69, 9.17) is 21.7 Å². The molecule has 0 aliphatic rings. The number of nitrogens with two attached hydrogens (primary N) is 1. The van der Waals surface area contributed by atoms with Crippen molar-refractivity contribution in [3.63, 3.8) is 0 Å². The van der Waals surface area contributed by atoms with Gasteiger partial charge in [-0.15, -0.1) is 12.3 Å². The first-order valence-corrected chi connectivity index (χ1v) is 4.87. The first-order chi connectivity index (χ1) is 7.74. The van der Waals surface area contributed by atoms with Crippen LogP contribution in [0.1, 0.15) is 18.0 Å². The predicted molar refractivity (Wildman–Crippen MR) is 63.1 cm³/mol. The second-order valence-electron chi connectivity index (χ2n) is 3.27. The number of ether oxygens (including phenoxy) is 2. The van der Waals surface area contributed by atoms with Crippen LogP contribution in [0.2, 0.25) is 0 Å². The van der Waals surface area contributed by atoms with Crippen LogP contribution in [0, 0.1) is 12.3 Å². The normalized spacial score (nSPS) is 11.6. The van der Waals surface area contributed by atoms with Crippen LogP contribution in [-0.2, 0) is 0 Å². The van der Waals surface area contributed by atoms with Crippen molar-refractivity contribution in [3.8, 4) is 23.8 Å². The van der Waals surface area contributed by atoms with E-state index in [2.05, 4.69) is 11.3 Å². The van der Waals surface area contributed by atoms with E-state index in [0.717, 1.165) is 5.56 Å². The summed E-state index contributed by atoms with van der Waals surface area (Å²) < 4.78 is 10.3. The molecular formula is C12H16N2O2. The highest BCUT2D eigenvalue weighted by atomic mass is 16.5. The SMILES string of the molecule is C#CCC(NN)c1cc(OC)cc(OC)c1. The highest BCUT2D eigenvalue weighted by molar-refractivity contribution is 5.40. The smallest absolute Gasteiger partial charge is 0.122 e. The summed E-state index contributed by atoms with van der Waals surface area (Å²) in [7, 11) is 3.20. The maximum atomic E-state index is 5.45. The van der Waals surface area contributed by atoms with Crippen LogP contribution in [0.4, 0.5) is 0 Å². The maximum Gasteiger partial charge on any atom is 0.122 e. The van der Waals surface area contributed by atoms with Gasteiger partial charge >= 0.3 is 0 Å². The molecule has 4 nitrogen and oxygen atoms in total. The Labute approximate surface area is 95.7 Å². The molecule has 0 bridgehead atoms. The second kappa shape index (κ2) is 6.01. The molecule has 86 valence electrons. The first-order valence-electron chi connectivity index (χ1n) is 4.87. The second-order valence-corrected chi connectivity index (χ2v) is 3.27. The Morgan fingerprint density at radius 3 is 2.25 bits per heavy atom. The number of benzene rings is 1. The molecule has 1 rings (SSSR count). The fraction of sp³-hybridized carbons (Fsp3) is 0.333. The van der Waals surface area contributed by atoms with Gasteiger partial charge in [0.2, 0.25) is 0 Å². The fourth-order valence-corrected chi connectivity index (χ4v) is 1.42. The van der Waals surface area contributed by atoms with Crippen molar-refractivity contribution in [2.24, 2.45) is 5.84 Å². The van der Waals surface area contributed by atoms with E-state index in [9.17, 15) is 0 Å². The number of hydrazine groups is 1. The Hall–Kier alpha value is -1.70. The number of nitrogens with one attached hydrogen (secondary N) is 1. The zero-order chi connectivity index (χ0) is 12.0. The zero-order valence-corrected chi connectivity index (χ0v) is 9.49. The summed E-state index contributed by atoms with van der Waals surface area (Å²) in [5.41, 5.74) is 3.61. The van der Waals surface area contributed by atoms with Crippen LogP contribution in [0.15, 0.2) is 18.2 Å². The molecule has 1 aromatic carbocycles. The lowest BCUT2D eigenvalue weighted by Crippen LogP contribution is -2.27. The molecule has 0 heterocycles. The predicted octanol–water partition coefficient (Wildman–Crippen LogP) is 1.23. The van der Waals surface area contributed by atoms with Crippen LogP contribution in [0.5, 0.6) is 11.5 Å². The van der Waals surface area contributed by atoms with Gasteiger partial charge in [-0.2, -0.15) is 0 Å². The van der Waals surface area contributed by atoms with E-state index >= 15 is 0 Å². The molecule has 4 heteroatoms. The average molecular weight is 220 g/mol. The van der Waals surface area contributed by atoms with Gasteiger partial charge in [-0.25, -0.2) is 0 Å². The van der Waals surface area contributed by atoms with Crippen LogP contribution < -0.4 is 20.7 Å². The minimum Gasteiger partial charge on any atom is -0.497 e. The average Bonchev–Trinajstić information content (AvgIpc) is 2.35. The van der Waals surface area contributed by atoms with Crippen LogP contribution in [-0.4, -0.2) is 14.2 Å². The topological polar surface area (TPSA) is 56.5 Å². The van der Waals surface area contributed by atoms with Gasteiger partial charge in [-0.05, 0) is 17.7 Å². The maximum absolute atomic E-state index is 5.45. The third-order valence-corrected chi connectivity index (χ3v) is 2.30. The van der Waals surface area contributed by atoms with Crippen LogP contribution in [0.3, 0.4) is 0 Å². The van der Waals surface area contributed by atoms with Gasteiger partial charge in [-0.1, -0.05) is 0 Å². The number of hydrogen-bond donors (Lipinski definition) is 2. The van der Waals surface area contributed by atoms with Crippen molar-refractivity contribution in [2.75, 3.05) is 14.2 Å². The van der Waals surface area contributed by atoms with Gasteiger partial charge in [0, 0.05) is 12.5 Å². The first kappa shape index (κ1) is 12.4. The summed E-state index contributed by atoms with van der Waals surface area (Å²) in [6.07, 6.45) is 5.78. The Morgan fingerprint density at radius 1 is 1.31 bits per heavy atom. The van der Waals surface area contributed by atoms with Crippen molar-refractivity contribution >= 4 is 0 Å². The Kier molecular flexibility index (Phi) is 4.65. The zero-order valence-electron chi connectivity index (χ0n) is 9.49. The van der Waals surface area contributed by atoms with Crippen LogP contribution >= 0.6 is 0 Å². The molecule has 16 heavy (non-hydrogen) atoms. The van der Waals surface area contributed by atoms with Gasteiger partial charge in [0.05, 0.1) is 20.3 Å². The Morgan fingerprint density at radius 2 is 1.88 bits per heavy atom. The lowest BCUT2D eigenvalue weighted by molar-refractivity contribution is 0.391. The molecule has 0 aliphatic heterocycles. The number of hydrogen-bond acceptors (Lipinski definition) is 4. The van der Waals surface area contributed by atoms with Crippen molar-refractivity contribution in [1.29, 1.82) is 0 Å². The molecule has 0 saturated heterocycles. The van der Waals surface area contributed by atoms with Gasteiger partial charge in [0.15, 0.2) is 0 Å². The fourth-order valence-electron chi connectivity index (χ4n) is 1.42. The lowest BCUT2D eigenvalue weighted by Gasteiger charge is -2.15. The molecule has 0 spiro atoms. The summed E-state index contributed by atoms with van der Waals surface area (Å²) in [6, 6.07) is 5.45. The Bertz CT molecular complexity index is 363. The molecule has 0 fully saturated rings. The monoisotopic (exact) mass is 220 g/mol. The molecule has 0 aliphatic carbocycles. The van der Waals surface area contributed by atoms with E-state index in [-0.39, 0.29) is 6.04 Å². The van der Waals surface area contributed by atoms with Gasteiger partial charge < -0.3 is 9.47 Å². The molecule has 0 amide bonds. The molecular weight excluding hydrogens is 204 g/mol. The minimum atomic E-state index is -0.103. The summed E-state index contributed by atoms with van der Waals surface area (Å²) in [5, 5.41) is 0. The lowest BCUT2D eigenvalue weighted by atomic mass is 10.0. The molecule has 1 aromatic rings. The summed E-state index contributed by atoms with van der Waals surface area (Å²) in [4.78, 5) is 0.